The minimum atomic E-state index is -0.527. The summed E-state index contributed by atoms with van der Waals surface area (Å²) in [6.45, 7) is 6.96. The molecule has 0 spiro atoms. The van der Waals surface area contributed by atoms with Gasteiger partial charge in [-0.1, -0.05) is 12.8 Å². The summed E-state index contributed by atoms with van der Waals surface area (Å²) < 4.78 is 5.18. The van der Waals surface area contributed by atoms with E-state index in [1.165, 1.54) is 6.92 Å². The van der Waals surface area contributed by atoms with Crippen LogP contribution < -0.4 is 5.32 Å². The van der Waals surface area contributed by atoms with Gasteiger partial charge in [-0.15, -0.1) is 0 Å². The minimum Gasteiger partial charge on any atom is -0.444 e. The lowest BCUT2D eigenvalue weighted by Crippen LogP contribution is -2.46. The highest BCUT2D eigenvalue weighted by atomic mass is 16.6. The topological polar surface area (TPSA) is 55.4 Å². The lowest BCUT2D eigenvalue weighted by molar-refractivity contribution is -0.120. The molecule has 0 aromatic heterocycles. The standard InChI is InChI=1S/C13H23NO3/c1-9(15)11(10-7-5-6-8-10)14-12(16)17-13(2,3)4/h10-11H,5-8H2,1-4H3,(H,14,16). The fourth-order valence-corrected chi connectivity index (χ4v) is 2.28. The average molecular weight is 241 g/mol. The normalized spacial score (nSPS) is 18.8. The molecule has 0 aromatic carbocycles. The maximum Gasteiger partial charge on any atom is 0.408 e. The third-order valence-electron chi connectivity index (χ3n) is 2.98. The highest BCUT2D eigenvalue weighted by Gasteiger charge is 2.30. The molecule has 1 fully saturated rings. The number of hydrogen-bond acceptors (Lipinski definition) is 3. The molecule has 0 aliphatic heterocycles. The van der Waals surface area contributed by atoms with Gasteiger partial charge in [-0.2, -0.15) is 0 Å². The molecule has 0 radical (unpaired) electrons. The summed E-state index contributed by atoms with van der Waals surface area (Å²) in [7, 11) is 0. The number of amides is 1. The quantitative estimate of drug-likeness (QED) is 0.826. The van der Waals surface area contributed by atoms with Gasteiger partial charge >= 0.3 is 6.09 Å². The lowest BCUT2D eigenvalue weighted by Gasteiger charge is -2.25. The number of nitrogens with one attached hydrogen (secondary N) is 1. The zero-order chi connectivity index (χ0) is 13.1. The van der Waals surface area contributed by atoms with Gasteiger partial charge in [-0.3, -0.25) is 4.79 Å². The van der Waals surface area contributed by atoms with Crippen molar-refractivity contribution in [3.63, 3.8) is 0 Å². The molecule has 98 valence electrons. The van der Waals surface area contributed by atoms with Crippen LogP contribution in [0.4, 0.5) is 4.79 Å². The fourth-order valence-electron chi connectivity index (χ4n) is 2.28. The van der Waals surface area contributed by atoms with Crippen LogP contribution in [-0.2, 0) is 9.53 Å². The van der Waals surface area contributed by atoms with E-state index in [1.807, 2.05) is 20.8 Å². The zero-order valence-corrected chi connectivity index (χ0v) is 11.2. The van der Waals surface area contributed by atoms with E-state index < -0.39 is 11.7 Å². The van der Waals surface area contributed by atoms with Gasteiger partial charge in [0.2, 0.25) is 0 Å². The van der Waals surface area contributed by atoms with E-state index >= 15 is 0 Å². The molecule has 0 aromatic rings. The Kier molecular flexibility index (Phi) is 4.54. The summed E-state index contributed by atoms with van der Waals surface area (Å²) >= 11 is 0. The second-order valence-corrected chi connectivity index (χ2v) is 5.78. The molecular weight excluding hydrogens is 218 g/mol. The predicted molar refractivity (Wildman–Crippen MR) is 65.8 cm³/mol. The summed E-state index contributed by atoms with van der Waals surface area (Å²) in [6, 6.07) is -0.382. The number of carbonyl (C=O) groups is 2. The SMILES string of the molecule is CC(=O)C(NC(=O)OC(C)(C)C)C1CCCC1. The first-order valence-electron chi connectivity index (χ1n) is 6.29. The molecule has 1 N–H and O–H groups in total. The number of alkyl carbamates (subject to hydrolysis) is 1. The van der Waals surface area contributed by atoms with Crippen LogP contribution in [0.1, 0.15) is 53.4 Å². The lowest BCUT2D eigenvalue weighted by atomic mass is 9.95. The highest BCUT2D eigenvalue weighted by Crippen LogP contribution is 2.28. The number of ketones is 1. The number of rotatable bonds is 3. The smallest absolute Gasteiger partial charge is 0.408 e. The highest BCUT2D eigenvalue weighted by molar-refractivity contribution is 5.85. The van der Waals surface area contributed by atoms with Gasteiger partial charge in [-0.25, -0.2) is 4.79 Å². The Morgan fingerprint density at radius 2 is 1.76 bits per heavy atom. The van der Waals surface area contributed by atoms with Gasteiger partial charge < -0.3 is 10.1 Å². The molecule has 1 saturated carbocycles. The molecule has 0 heterocycles. The summed E-state index contributed by atoms with van der Waals surface area (Å²) in [5, 5.41) is 2.70. The van der Waals surface area contributed by atoms with E-state index in [2.05, 4.69) is 5.32 Å². The van der Waals surface area contributed by atoms with E-state index in [0.717, 1.165) is 25.7 Å². The van der Waals surface area contributed by atoms with E-state index in [9.17, 15) is 9.59 Å². The second-order valence-electron chi connectivity index (χ2n) is 5.78. The van der Waals surface area contributed by atoms with Crippen molar-refractivity contribution in [3.05, 3.63) is 0 Å². The average Bonchev–Trinajstić information content (AvgIpc) is 2.63. The number of carbonyl (C=O) groups excluding carboxylic acids is 2. The van der Waals surface area contributed by atoms with Crippen molar-refractivity contribution in [1.29, 1.82) is 0 Å². The summed E-state index contributed by atoms with van der Waals surface area (Å²) in [4.78, 5) is 23.2. The van der Waals surface area contributed by atoms with Gasteiger partial charge in [0.1, 0.15) is 5.60 Å². The monoisotopic (exact) mass is 241 g/mol. The van der Waals surface area contributed by atoms with Crippen LogP contribution in [0.3, 0.4) is 0 Å². The predicted octanol–water partition coefficient (Wildman–Crippen LogP) is 2.66. The third-order valence-corrected chi connectivity index (χ3v) is 2.98. The molecular formula is C13H23NO3. The first-order chi connectivity index (χ1) is 7.79. The molecule has 1 atom stereocenters. The van der Waals surface area contributed by atoms with Crippen molar-refractivity contribution in [3.8, 4) is 0 Å². The van der Waals surface area contributed by atoms with Crippen LogP contribution in [0.5, 0.6) is 0 Å². The van der Waals surface area contributed by atoms with Crippen molar-refractivity contribution in [2.24, 2.45) is 5.92 Å². The van der Waals surface area contributed by atoms with Crippen molar-refractivity contribution < 1.29 is 14.3 Å². The van der Waals surface area contributed by atoms with E-state index in [0.29, 0.717) is 0 Å². The summed E-state index contributed by atoms with van der Waals surface area (Å²) in [5.41, 5.74) is -0.527. The minimum absolute atomic E-state index is 0.0164. The summed E-state index contributed by atoms with van der Waals surface area (Å²) in [6.07, 6.45) is 3.82. The molecule has 1 unspecified atom stereocenters. The Bertz CT molecular complexity index is 288. The maximum absolute atomic E-state index is 11.6. The zero-order valence-electron chi connectivity index (χ0n) is 11.2. The molecule has 1 amide bonds. The first kappa shape index (κ1) is 14.0. The Hall–Kier alpha value is -1.06. The molecule has 17 heavy (non-hydrogen) atoms. The van der Waals surface area contributed by atoms with Crippen molar-refractivity contribution >= 4 is 11.9 Å². The fraction of sp³-hybridized carbons (Fsp3) is 0.846. The molecule has 0 bridgehead atoms. The molecule has 1 aliphatic rings. The Balaban J connectivity index is 2.55. The van der Waals surface area contributed by atoms with Crippen LogP contribution >= 0.6 is 0 Å². The molecule has 4 heteroatoms. The maximum atomic E-state index is 11.6. The van der Waals surface area contributed by atoms with Gasteiger partial charge in [-0.05, 0) is 46.5 Å². The van der Waals surface area contributed by atoms with Crippen LogP contribution in [0.2, 0.25) is 0 Å². The van der Waals surface area contributed by atoms with E-state index in [1.54, 1.807) is 0 Å². The second kappa shape index (κ2) is 5.52. The largest absolute Gasteiger partial charge is 0.444 e. The molecule has 1 aliphatic carbocycles. The van der Waals surface area contributed by atoms with Crippen LogP contribution in [0.15, 0.2) is 0 Å². The van der Waals surface area contributed by atoms with Gasteiger partial charge in [0.05, 0.1) is 6.04 Å². The summed E-state index contributed by atoms with van der Waals surface area (Å²) in [5.74, 6) is 0.294. The van der Waals surface area contributed by atoms with Crippen molar-refractivity contribution in [1.82, 2.24) is 5.32 Å². The van der Waals surface area contributed by atoms with Crippen molar-refractivity contribution in [2.75, 3.05) is 0 Å². The van der Waals surface area contributed by atoms with Crippen molar-refractivity contribution in [2.45, 2.75) is 65.0 Å². The number of hydrogen-bond donors (Lipinski definition) is 1. The Morgan fingerprint density at radius 3 is 2.18 bits per heavy atom. The Morgan fingerprint density at radius 1 is 1.24 bits per heavy atom. The molecule has 0 saturated heterocycles. The van der Waals surface area contributed by atoms with E-state index in [4.69, 9.17) is 4.74 Å². The van der Waals surface area contributed by atoms with Gasteiger partial charge in [0.25, 0.3) is 0 Å². The Labute approximate surface area is 103 Å². The van der Waals surface area contributed by atoms with Gasteiger partial charge in [0, 0.05) is 0 Å². The number of Topliss-reactive ketones (excluding diaryl/α,β-unsaturated/α-hetero) is 1. The molecule has 4 nitrogen and oxygen atoms in total. The first-order valence-corrected chi connectivity index (χ1v) is 6.29. The van der Waals surface area contributed by atoms with Crippen LogP contribution in [-0.4, -0.2) is 23.5 Å². The molecule has 1 rings (SSSR count). The van der Waals surface area contributed by atoms with Crippen LogP contribution in [0, 0.1) is 5.92 Å². The third kappa shape index (κ3) is 4.75. The van der Waals surface area contributed by atoms with Crippen LogP contribution in [0.25, 0.3) is 0 Å². The van der Waals surface area contributed by atoms with Gasteiger partial charge in [0.15, 0.2) is 5.78 Å². The number of ether oxygens (including phenoxy) is 1. The van der Waals surface area contributed by atoms with E-state index in [-0.39, 0.29) is 17.7 Å².